The first-order valence-electron chi connectivity index (χ1n) is 6.21. The molecule has 21 heavy (non-hydrogen) atoms. The molecule has 1 aliphatic rings. The van der Waals surface area contributed by atoms with E-state index < -0.39 is 30.4 Å². The van der Waals surface area contributed by atoms with Gasteiger partial charge in [0.25, 0.3) is 0 Å². The molecule has 0 spiro atoms. The van der Waals surface area contributed by atoms with Crippen LogP contribution >= 0.6 is 0 Å². The van der Waals surface area contributed by atoms with Gasteiger partial charge in [-0.15, -0.1) is 0 Å². The second-order valence-corrected chi connectivity index (χ2v) is 4.65. The number of imidazole rings is 1. The van der Waals surface area contributed by atoms with Crippen LogP contribution in [0.3, 0.4) is 0 Å². The van der Waals surface area contributed by atoms with E-state index in [9.17, 15) is 9.90 Å². The number of carboxylic acids is 1. The second-order valence-electron chi connectivity index (χ2n) is 4.65. The van der Waals surface area contributed by atoms with Gasteiger partial charge >= 0.3 is 5.97 Å². The molecule has 0 aromatic carbocycles. The van der Waals surface area contributed by atoms with Crippen LogP contribution in [0.25, 0.3) is 11.2 Å². The van der Waals surface area contributed by atoms with Gasteiger partial charge in [0.1, 0.15) is 17.9 Å². The van der Waals surface area contributed by atoms with Gasteiger partial charge in [-0.05, 0) is 0 Å². The maximum atomic E-state index is 11.1. The summed E-state index contributed by atoms with van der Waals surface area (Å²) in [5, 5.41) is 22.0. The van der Waals surface area contributed by atoms with E-state index in [4.69, 9.17) is 15.6 Å². The largest absolute Gasteiger partial charge is 0.479 e. The molecule has 0 aliphatic carbocycles. The highest BCUT2D eigenvalue weighted by atomic mass is 16.6. The van der Waals surface area contributed by atoms with Crippen LogP contribution in [0.2, 0.25) is 0 Å². The SMILES string of the molecule is CNc1ncnc2c1ncn2[C@@H]1O[C@H](C(=O)O)[C@@H](N)[C@H]1O. The third-order valence-electron chi connectivity index (χ3n) is 3.44. The summed E-state index contributed by atoms with van der Waals surface area (Å²) in [6, 6.07) is -1.03. The summed E-state index contributed by atoms with van der Waals surface area (Å²) in [7, 11) is 1.69. The molecule has 10 heteroatoms. The Labute approximate surface area is 118 Å². The third-order valence-corrected chi connectivity index (χ3v) is 3.44. The standard InChI is InChI=1S/C11H14N6O4/c1-13-8-5-9(15-2-14-8)17(3-16-5)10-6(18)4(12)7(21-10)11(19)20/h2-4,6-7,10,18H,12H2,1H3,(H,19,20)(H,13,14,15)/t4-,6+,7-,10+/m0/s1. The Morgan fingerprint density at radius 2 is 2.24 bits per heavy atom. The molecule has 1 fully saturated rings. The lowest BCUT2D eigenvalue weighted by atomic mass is 10.1. The fourth-order valence-corrected chi connectivity index (χ4v) is 2.36. The molecule has 3 heterocycles. The van der Waals surface area contributed by atoms with E-state index in [1.165, 1.54) is 17.2 Å². The van der Waals surface area contributed by atoms with Gasteiger partial charge in [-0.3, -0.25) is 4.57 Å². The Kier molecular flexibility index (Phi) is 3.20. The first-order chi connectivity index (χ1) is 10.0. The quantitative estimate of drug-likeness (QED) is 0.532. The lowest BCUT2D eigenvalue weighted by molar-refractivity contribution is -0.152. The average Bonchev–Trinajstić information content (AvgIpc) is 3.01. The summed E-state index contributed by atoms with van der Waals surface area (Å²) in [4.78, 5) is 23.3. The summed E-state index contributed by atoms with van der Waals surface area (Å²) in [6.45, 7) is 0. The van der Waals surface area contributed by atoms with Crippen LogP contribution in [0.4, 0.5) is 5.82 Å². The molecule has 5 N–H and O–H groups in total. The van der Waals surface area contributed by atoms with E-state index in [1.54, 1.807) is 7.05 Å². The van der Waals surface area contributed by atoms with Gasteiger partial charge in [0.05, 0.1) is 12.4 Å². The van der Waals surface area contributed by atoms with Crippen molar-refractivity contribution in [1.29, 1.82) is 0 Å². The van der Waals surface area contributed by atoms with E-state index in [0.29, 0.717) is 17.0 Å². The highest BCUT2D eigenvalue weighted by Crippen LogP contribution is 2.31. The number of nitrogens with two attached hydrogens (primary N) is 1. The van der Waals surface area contributed by atoms with Gasteiger partial charge in [0.15, 0.2) is 23.8 Å². The molecule has 0 radical (unpaired) electrons. The van der Waals surface area contributed by atoms with Crippen molar-refractivity contribution in [2.45, 2.75) is 24.5 Å². The summed E-state index contributed by atoms with van der Waals surface area (Å²) in [5.74, 6) is -0.704. The van der Waals surface area contributed by atoms with Crippen molar-refractivity contribution < 1.29 is 19.7 Å². The van der Waals surface area contributed by atoms with Crippen LogP contribution < -0.4 is 11.1 Å². The minimum absolute atomic E-state index is 0.414. The van der Waals surface area contributed by atoms with Crippen molar-refractivity contribution in [3.8, 4) is 0 Å². The highest BCUT2D eigenvalue weighted by Gasteiger charge is 2.46. The number of aliphatic hydroxyl groups is 1. The van der Waals surface area contributed by atoms with Crippen molar-refractivity contribution >= 4 is 23.0 Å². The van der Waals surface area contributed by atoms with Crippen molar-refractivity contribution in [3.05, 3.63) is 12.7 Å². The molecule has 2 aromatic rings. The van der Waals surface area contributed by atoms with Crippen LogP contribution in [0.5, 0.6) is 0 Å². The van der Waals surface area contributed by atoms with E-state index in [0.717, 1.165) is 0 Å². The molecule has 10 nitrogen and oxygen atoms in total. The van der Waals surface area contributed by atoms with Crippen molar-refractivity contribution in [1.82, 2.24) is 19.5 Å². The Morgan fingerprint density at radius 3 is 2.86 bits per heavy atom. The smallest absolute Gasteiger partial charge is 0.334 e. The first-order valence-corrected chi connectivity index (χ1v) is 6.21. The molecule has 0 saturated carbocycles. The number of ether oxygens (including phenoxy) is 1. The van der Waals surface area contributed by atoms with Gasteiger partial charge in [-0.25, -0.2) is 19.7 Å². The molecule has 1 aliphatic heterocycles. The van der Waals surface area contributed by atoms with Gasteiger partial charge < -0.3 is 26.0 Å². The molecule has 0 bridgehead atoms. The predicted octanol–water partition coefficient (Wildman–Crippen LogP) is -1.46. The number of anilines is 1. The first kappa shape index (κ1) is 13.7. The Bertz CT molecular complexity index is 688. The summed E-state index contributed by atoms with van der Waals surface area (Å²) in [5.41, 5.74) is 6.59. The van der Waals surface area contributed by atoms with Crippen LogP contribution in [0.15, 0.2) is 12.7 Å². The lowest BCUT2D eigenvalue weighted by Crippen LogP contribution is -2.43. The normalized spacial score (nSPS) is 28.9. The summed E-state index contributed by atoms with van der Waals surface area (Å²) < 4.78 is 6.79. The zero-order chi connectivity index (χ0) is 15.1. The van der Waals surface area contributed by atoms with Crippen LogP contribution in [0, 0.1) is 0 Å². The third kappa shape index (κ3) is 2.00. The van der Waals surface area contributed by atoms with Crippen molar-refractivity contribution in [2.24, 2.45) is 5.73 Å². The fraction of sp³-hybridized carbons (Fsp3) is 0.455. The number of aromatic nitrogens is 4. The maximum absolute atomic E-state index is 11.1. The maximum Gasteiger partial charge on any atom is 0.334 e. The number of nitrogens with zero attached hydrogens (tertiary/aromatic N) is 4. The number of fused-ring (bicyclic) bond motifs is 1. The monoisotopic (exact) mass is 294 g/mol. The molecule has 0 amide bonds. The van der Waals surface area contributed by atoms with Gasteiger partial charge in [-0.1, -0.05) is 0 Å². The van der Waals surface area contributed by atoms with Gasteiger partial charge in [0, 0.05) is 7.05 Å². The highest BCUT2D eigenvalue weighted by molar-refractivity contribution is 5.82. The molecular weight excluding hydrogens is 280 g/mol. The van der Waals surface area contributed by atoms with Crippen molar-refractivity contribution in [3.63, 3.8) is 0 Å². The second kappa shape index (κ2) is 4.91. The molecule has 112 valence electrons. The fourth-order valence-electron chi connectivity index (χ4n) is 2.36. The van der Waals surface area contributed by atoms with Crippen LogP contribution in [0.1, 0.15) is 6.23 Å². The lowest BCUT2D eigenvalue weighted by Gasteiger charge is -2.16. The van der Waals surface area contributed by atoms with E-state index in [2.05, 4.69) is 20.3 Å². The number of aliphatic hydroxyl groups excluding tert-OH is 1. The number of carbonyl (C=O) groups is 1. The Balaban J connectivity index is 2.03. The van der Waals surface area contributed by atoms with Crippen molar-refractivity contribution in [2.75, 3.05) is 12.4 Å². The molecule has 4 atom stereocenters. The topological polar surface area (TPSA) is 148 Å². The number of carboxylic acid groups (broad SMARTS) is 1. The van der Waals surface area contributed by atoms with Gasteiger partial charge in [0.2, 0.25) is 0 Å². The molecule has 3 rings (SSSR count). The molecular formula is C11H14N6O4. The minimum atomic E-state index is -1.28. The number of hydrogen-bond donors (Lipinski definition) is 4. The number of aliphatic carboxylic acids is 1. The number of nitrogens with one attached hydrogen (secondary N) is 1. The average molecular weight is 294 g/mol. The number of rotatable bonds is 3. The molecule has 0 unspecified atom stereocenters. The van der Waals surface area contributed by atoms with Crippen LogP contribution in [-0.2, 0) is 9.53 Å². The minimum Gasteiger partial charge on any atom is -0.479 e. The molecule has 1 saturated heterocycles. The number of hydrogen-bond acceptors (Lipinski definition) is 8. The summed E-state index contributed by atoms with van der Waals surface area (Å²) in [6.07, 6.45) is -0.692. The van der Waals surface area contributed by atoms with E-state index in [1.807, 2.05) is 0 Å². The predicted molar refractivity (Wildman–Crippen MR) is 70.4 cm³/mol. The summed E-state index contributed by atoms with van der Waals surface area (Å²) >= 11 is 0. The zero-order valence-electron chi connectivity index (χ0n) is 11.0. The van der Waals surface area contributed by atoms with Crippen LogP contribution in [-0.4, -0.2) is 61.0 Å². The van der Waals surface area contributed by atoms with E-state index in [-0.39, 0.29) is 0 Å². The molecule has 2 aromatic heterocycles. The Morgan fingerprint density at radius 1 is 1.48 bits per heavy atom. The van der Waals surface area contributed by atoms with Gasteiger partial charge in [-0.2, -0.15) is 0 Å². The zero-order valence-corrected chi connectivity index (χ0v) is 11.0. The Hall–Kier alpha value is -2.30. The van der Waals surface area contributed by atoms with E-state index >= 15 is 0 Å².